The highest BCUT2D eigenvalue weighted by molar-refractivity contribution is 5.94. The first-order chi connectivity index (χ1) is 9.82. The lowest BCUT2D eigenvalue weighted by molar-refractivity contribution is -0.143. The summed E-state index contributed by atoms with van der Waals surface area (Å²) in [6, 6.07) is 0.425. The summed E-state index contributed by atoms with van der Waals surface area (Å²) in [6.45, 7) is 5.14. The van der Waals surface area contributed by atoms with Crippen molar-refractivity contribution in [2.75, 3.05) is 0 Å². The van der Waals surface area contributed by atoms with Gasteiger partial charge in [-0.15, -0.1) is 0 Å². The van der Waals surface area contributed by atoms with Crippen LogP contribution in [0, 0.1) is 5.92 Å². The monoisotopic (exact) mass is 327 g/mol. The molecule has 0 saturated heterocycles. The smallest absolute Gasteiger partial charge is 0.349 e. The van der Waals surface area contributed by atoms with Crippen LogP contribution in [-0.2, 0) is 12.4 Å². The van der Waals surface area contributed by atoms with Gasteiger partial charge in [-0.05, 0) is 31.0 Å². The molecule has 0 aliphatic rings. The Hall–Kier alpha value is -1.73. The minimum absolute atomic E-state index is 0.0113. The minimum Gasteiger partial charge on any atom is -0.349 e. The second-order valence-corrected chi connectivity index (χ2v) is 5.30. The van der Waals surface area contributed by atoms with Crippen molar-refractivity contribution in [1.82, 2.24) is 5.32 Å². The van der Waals surface area contributed by atoms with Crippen LogP contribution in [0.1, 0.15) is 42.3 Å². The molecule has 1 aromatic rings. The van der Waals surface area contributed by atoms with Gasteiger partial charge in [-0.1, -0.05) is 13.8 Å². The zero-order valence-corrected chi connectivity index (χ0v) is 12.1. The second kappa shape index (κ2) is 6.18. The van der Waals surface area contributed by atoms with Gasteiger partial charge in [0.15, 0.2) is 0 Å². The normalized spacial score (nSPS) is 14.1. The average molecular weight is 327 g/mol. The van der Waals surface area contributed by atoms with Crippen molar-refractivity contribution in [2.45, 2.75) is 39.2 Å². The SMILES string of the molecule is CC(C)C(C)NC(=O)c1cc(C(F)(F)F)cc(C(F)(F)F)c1. The average Bonchev–Trinajstić information content (AvgIpc) is 2.35. The van der Waals surface area contributed by atoms with Crippen LogP contribution in [0.5, 0.6) is 0 Å². The van der Waals surface area contributed by atoms with Gasteiger partial charge in [0.05, 0.1) is 11.1 Å². The first-order valence-corrected chi connectivity index (χ1v) is 6.42. The first kappa shape index (κ1) is 18.3. The molecule has 2 nitrogen and oxygen atoms in total. The molecule has 0 fully saturated rings. The first-order valence-electron chi connectivity index (χ1n) is 6.42. The predicted octanol–water partition coefficient (Wildman–Crippen LogP) is 4.50. The van der Waals surface area contributed by atoms with Crippen LogP contribution >= 0.6 is 0 Å². The van der Waals surface area contributed by atoms with Crippen LogP contribution < -0.4 is 5.32 Å². The number of carbonyl (C=O) groups excluding carboxylic acids is 1. The van der Waals surface area contributed by atoms with Gasteiger partial charge in [0.2, 0.25) is 0 Å². The summed E-state index contributed by atoms with van der Waals surface area (Å²) in [5, 5.41) is 2.38. The van der Waals surface area contributed by atoms with Crippen molar-refractivity contribution in [2.24, 2.45) is 5.92 Å². The molecule has 1 aromatic carbocycles. The minimum atomic E-state index is -4.97. The van der Waals surface area contributed by atoms with Crippen molar-refractivity contribution in [3.8, 4) is 0 Å². The fraction of sp³-hybridized carbons (Fsp3) is 0.500. The van der Waals surface area contributed by atoms with Crippen LogP contribution in [0.4, 0.5) is 26.3 Å². The molecular formula is C14H15F6NO. The van der Waals surface area contributed by atoms with Gasteiger partial charge in [-0.2, -0.15) is 26.3 Å². The number of halogens is 6. The molecule has 0 bridgehead atoms. The standard InChI is InChI=1S/C14H15F6NO/c1-7(2)8(3)21-12(22)9-4-10(13(15,16)17)6-11(5-9)14(18,19)20/h4-8H,1-3H3,(H,21,22). The number of amides is 1. The van der Waals surface area contributed by atoms with Crippen molar-refractivity contribution >= 4 is 5.91 Å². The third-order valence-electron chi connectivity index (χ3n) is 3.21. The quantitative estimate of drug-likeness (QED) is 0.814. The molecule has 124 valence electrons. The maximum absolute atomic E-state index is 12.7. The number of rotatable bonds is 3. The summed E-state index contributed by atoms with van der Waals surface area (Å²) in [7, 11) is 0. The van der Waals surface area contributed by atoms with Gasteiger partial charge in [0.25, 0.3) is 5.91 Å². The molecule has 1 amide bonds. The highest BCUT2D eigenvalue weighted by Gasteiger charge is 2.37. The molecule has 0 aromatic heterocycles. The van der Waals surface area contributed by atoms with E-state index in [9.17, 15) is 31.1 Å². The van der Waals surface area contributed by atoms with Crippen LogP contribution in [0.2, 0.25) is 0 Å². The number of carbonyl (C=O) groups is 1. The van der Waals surface area contributed by atoms with E-state index in [1.165, 1.54) is 0 Å². The number of nitrogens with one attached hydrogen (secondary N) is 1. The summed E-state index contributed by atoms with van der Waals surface area (Å²) in [5.74, 6) is -0.991. The van der Waals surface area contributed by atoms with Crippen LogP contribution in [0.15, 0.2) is 18.2 Å². The molecule has 0 heterocycles. The lowest BCUT2D eigenvalue weighted by atomic mass is 10.0. The van der Waals surface area contributed by atoms with E-state index >= 15 is 0 Å². The maximum atomic E-state index is 12.7. The van der Waals surface area contributed by atoms with Gasteiger partial charge < -0.3 is 5.32 Å². The Kier molecular flexibility index (Phi) is 5.14. The van der Waals surface area contributed by atoms with Crippen molar-refractivity contribution in [3.63, 3.8) is 0 Å². The van der Waals surface area contributed by atoms with Gasteiger partial charge in [0, 0.05) is 11.6 Å². The lowest BCUT2D eigenvalue weighted by Gasteiger charge is -2.19. The fourth-order valence-electron chi connectivity index (χ4n) is 1.54. The molecule has 0 spiro atoms. The Balaban J connectivity index is 3.27. The van der Waals surface area contributed by atoms with E-state index < -0.39 is 41.0 Å². The lowest BCUT2D eigenvalue weighted by Crippen LogP contribution is -2.36. The van der Waals surface area contributed by atoms with E-state index in [2.05, 4.69) is 5.32 Å². The Morgan fingerprint density at radius 2 is 1.32 bits per heavy atom. The third kappa shape index (κ3) is 4.64. The number of hydrogen-bond acceptors (Lipinski definition) is 1. The van der Waals surface area contributed by atoms with Crippen molar-refractivity contribution in [3.05, 3.63) is 34.9 Å². The summed E-state index contributed by atoms with van der Waals surface area (Å²) in [5.41, 5.74) is -3.69. The molecule has 1 unspecified atom stereocenters. The predicted molar refractivity (Wildman–Crippen MR) is 68.2 cm³/mol. The molecule has 1 rings (SSSR count). The van der Waals surface area contributed by atoms with Gasteiger partial charge >= 0.3 is 12.4 Å². The molecule has 0 radical (unpaired) electrons. The van der Waals surface area contributed by atoms with E-state index in [0.29, 0.717) is 12.1 Å². The van der Waals surface area contributed by atoms with Crippen LogP contribution in [-0.4, -0.2) is 11.9 Å². The Bertz CT molecular complexity index is 515. The van der Waals surface area contributed by atoms with Gasteiger partial charge in [-0.25, -0.2) is 0 Å². The molecule has 1 atom stereocenters. The topological polar surface area (TPSA) is 29.1 Å². The molecule has 22 heavy (non-hydrogen) atoms. The zero-order chi connectivity index (χ0) is 17.3. The molecule has 1 N–H and O–H groups in total. The molecular weight excluding hydrogens is 312 g/mol. The van der Waals surface area contributed by atoms with Crippen LogP contribution in [0.25, 0.3) is 0 Å². The fourth-order valence-corrected chi connectivity index (χ4v) is 1.54. The highest BCUT2D eigenvalue weighted by Crippen LogP contribution is 2.36. The number of benzene rings is 1. The number of alkyl halides is 6. The van der Waals surface area contributed by atoms with Crippen molar-refractivity contribution in [1.29, 1.82) is 0 Å². The summed E-state index contributed by atoms with van der Waals surface area (Å²) < 4.78 is 76.1. The summed E-state index contributed by atoms with van der Waals surface area (Å²) in [6.07, 6.45) is -9.94. The highest BCUT2D eigenvalue weighted by atomic mass is 19.4. The van der Waals surface area contributed by atoms with E-state index in [4.69, 9.17) is 0 Å². The third-order valence-corrected chi connectivity index (χ3v) is 3.21. The Morgan fingerprint density at radius 1 is 0.909 bits per heavy atom. The Labute approximate surface area is 123 Å². The summed E-state index contributed by atoms with van der Waals surface area (Å²) in [4.78, 5) is 11.9. The Morgan fingerprint density at radius 3 is 1.64 bits per heavy atom. The second-order valence-electron chi connectivity index (χ2n) is 5.30. The molecule has 0 saturated carbocycles. The van der Waals surface area contributed by atoms with E-state index in [1.54, 1.807) is 20.8 Å². The van der Waals surface area contributed by atoms with Crippen molar-refractivity contribution < 1.29 is 31.1 Å². The molecule has 8 heteroatoms. The summed E-state index contributed by atoms with van der Waals surface area (Å²) >= 11 is 0. The molecule has 0 aliphatic heterocycles. The zero-order valence-electron chi connectivity index (χ0n) is 12.1. The number of hydrogen-bond donors (Lipinski definition) is 1. The van der Waals surface area contributed by atoms with Crippen LogP contribution in [0.3, 0.4) is 0 Å². The van der Waals surface area contributed by atoms with E-state index in [-0.39, 0.29) is 12.0 Å². The maximum Gasteiger partial charge on any atom is 0.416 e. The largest absolute Gasteiger partial charge is 0.416 e. The van der Waals surface area contributed by atoms with E-state index in [0.717, 1.165) is 0 Å². The van der Waals surface area contributed by atoms with Gasteiger partial charge in [-0.3, -0.25) is 4.79 Å². The van der Waals surface area contributed by atoms with E-state index in [1.807, 2.05) is 0 Å². The van der Waals surface area contributed by atoms with Gasteiger partial charge in [0.1, 0.15) is 0 Å². The molecule has 0 aliphatic carbocycles.